The molecule has 0 radical (unpaired) electrons. The minimum atomic E-state index is -0.174. The Morgan fingerprint density at radius 3 is 1.97 bits per heavy atom. The number of para-hydroxylation sites is 2. The van der Waals surface area contributed by atoms with Gasteiger partial charge in [-0.15, -0.1) is 0 Å². The summed E-state index contributed by atoms with van der Waals surface area (Å²) in [5, 5.41) is 0. The monoisotopic (exact) mass is 842 g/mol. The topological polar surface area (TPSA) is 6.48 Å². The Hall–Kier alpha value is -6.64. The smallest absolute Gasteiger partial charge is 0.0513 e. The molecule has 4 atom stereocenters. The van der Waals surface area contributed by atoms with Crippen molar-refractivity contribution in [3.05, 3.63) is 250 Å². The lowest BCUT2D eigenvalue weighted by molar-refractivity contribution is 0.443. The van der Waals surface area contributed by atoms with Gasteiger partial charge >= 0.3 is 0 Å². The standard InChI is InChI=1S/C63H58N2/c1-63(2)56-42-50(65(47-31-17-7-18-32-47)48-33-19-8-20-34-48)38-40-54(56)61-57(43-23-9-3-10-24-43)59-52-36-22-21-35-51(52)55-41-49(64(45-27-13-5-14-28-45)46-29-15-6-16-30-46)37-39-53(55)60(59)58(62(61)63)44-25-11-4-12-26-44/h3-15,17-20,22-29,31-33,36-37,39,41,48,50,59-60H,16,21,30,34-35,38,40,42H2,1-2H3. The maximum Gasteiger partial charge on any atom is 0.0513 e. The number of anilines is 3. The van der Waals surface area contributed by atoms with Gasteiger partial charge in [-0.3, -0.25) is 0 Å². The third kappa shape index (κ3) is 6.67. The first-order chi connectivity index (χ1) is 32.1. The fraction of sp³-hybridized carbons (Fsp3) is 0.238. The molecule has 4 unspecified atom stereocenters. The van der Waals surface area contributed by atoms with Crippen LogP contribution in [0.15, 0.2) is 228 Å². The van der Waals surface area contributed by atoms with E-state index in [1.807, 2.05) is 0 Å². The van der Waals surface area contributed by atoms with E-state index >= 15 is 0 Å². The molecule has 7 aliphatic carbocycles. The SMILES string of the molecule is CC1(C)C2=C(CCC(N(c3ccccc3)C3C=CC=CC3)C2)C2=C(c3ccccc3)C3C4=C(CCC=C4)c4cc(N(C5=CC=CCC5)c5ccccc5)ccc4C3C(c3ccccc3)=C21. The van der Waals surface area contributed by atoms with Crippen molar-refractivity contribution in [2.45, 2.75) is 83.2 Å². The molecule has 0 N–H and O–H groups in total. The molecule has 0 spiro atoms. The molecule has 0 heterocycles. The second-order valence-corrected chi connectivity index (χ2v) is 19.5. The number of hydrogen-bond acceptors (Lipinski definition) is 2. The zero-order valence-electron chi connectivity index (χ0n) is 37.8. The zero-order valence-corrected chi connectivity index (χ0v) is 37.8. The van der Waals surface area contributed by atoms with Crippen molar-refractivity contribution in [2.24, 2.45) is 11.3 Å². The van der Waals surface area contributed by atoms with Crippen molar-refractivity contribution in [3.8, 4) is 0 Å². The van der Waals surface area contributed by atoms with Gasteiger partial charge in [0.1, 0.15) is 0 Å². The van der Waals surface area contributed by atoms with Gasteiger partial charge in [0.05, 0.1) is 6.04 Å². The van der Waals surface area contributed by atoms with E-state index in [0.29, 0.717) is 12.1 Å². The predicted molar refractivity (Wildman–Crippen MR) is 274 cm³/mol. The number of allylic oxidation sites excluding steroid dienone is 15. The van der Waals surface area contributed by atoms with Crippen LogP contribution in [0.2, 0.25) is 0 Å². The molecular formula is C63H58N2. The van der Waals surface area contributed by atoms with Gasteiger partial charge in [0.2, 0.25) is 0 Å². The van der Waals surface area contributed by atoms with Gasteiger partial charge in [-0.25, -0.2) is 0 Å². The molecule has 12 rings (SSSR count). The van der Waals surface area contributed by atoms with Crippen LogP contribution in [-0.4, -0.2) is 12.1 Å². The summed E-state index contributed by atoms with van der Waals surface area (Å²) in [6, 6.07) is 53.7. The van der Waals surface area contributed by atoms with Crippen LogP contribution in [-0.2, 0) is 0 Å². The fourth-order valence-electron chi connectivity index (χ4n) is 13.0. The van der Waals surface area contributed by atoms with Crippen molar-refractivity contribution in [1.82, 2.24) is 0 Å². The van der Waals surface area contributed by atoms with Crippen LogP contribution in [0.4, 0.5) is 17.1 Å². The summed E-state index contributed by atoms with van der Waals surface area (Å²) in [6.45, 7) is 5.16. The van der Waals surface area contributed by atoms with Gasteiger partial charge in [-0.2, -0.15) is 0 Å². The van der Waals surface area contributed by atoms with Crippen LogP contribution in [0, 0.1) is 11.3 Å². The largest absolute Gasteiger partial charge is 0.361 e. The zero-order chi connectivity index (χ0) is 43.5. The van der Waals surface area contributed by atoms with Crippen LogP contribution in [0.25, 0.3) is 16.7 Å². The van der Waals surface area contributed by atoms with Gasteiger partial charge < -0.3 is 9.80 Å². The minimum absolute atomic E-state index is 0.148. The van der Waals surface area contributed by atoms with Gasteiger partial charge in [0, 0.05) is 46.1 Å². The Morgan fingerprint density at radius 1 is 0.585 bits per heavy atom. The maximum absolute atomic E-state index is 2.77. The third-order valence-electron chi connectivity index (χ3n) is 15.7. The highest BCUT2D eigenvalue weighted by Gasteiger charge is 2.53. The van der Waals surface area contributed by atoms with Crippen molar-refractivity contribution >= 4 is 33.8 Å². The molecule has 5 aromatic rings. The number of benzene rings is 5. The molecule has 2 heteroatoms. The van der Waals surface area contributed by atoms with E-state index < -0.39 is 0 Å². The lowest BCUT2D eigenvalue weighted by Gasteiger charge is -2.46. The van der Waals surface area contributed by atoms with Crippen LogP contribution in [0.5, 0.6) is 0 Å². The lowest BCUT2D eigenvalue weighted by atomic mass is 9.56. The first-order valence-corrected chi connectivity index (χ1v) is 24.3. The normalized spacial score (nSPS) is 23.7. The Kier molecular flexibility index (Phi) is 10.1. The first-order valence-electron chi connectivity index (χ1n) is 24.3. The second kappa shape index (κ2) is 16.4. The summed E-state index contributed by atoms with van der Waals surface area (Å²) in [5.41, 5.74) is 23.1. The highest BCUT2D eigenvalue weighted by molar-refractivity contribution is 6.00. The number of nitrogens with zero attached hydrogens (tertiary/aromatic N) is 2. The summed E-state index contributed by atoms with van der Waals surface area (Å²) in [5.74, 6) is 0.336. The van der Waals surface area contributed by atoms with Crippen molar-refractivity contribution in [1.29, 1.82) is 0 Å². The molecular weight excluding hydrogens is 785 g/mol. The molecule has 0 aromatic heterocycles. The van der Waals surface area contributed by atoms with E-state index in [2.05, 4.69) is 218 Å². The summed E-state index contributed by atoms with van der Waals surface area (Å²) in [4.78, 5) is 5.29. The average Bonchev–Trinajstić information content (AvgIpc) is 3.60. The maximum atomic E-state index is 2.77. The number of hydrogen-bond donors (Lipinski definition) is 0. The van der Waals surface area contributed by atoms with E-state index in [9.17, 15) is 0 Å². The molecule has 0 aliphatic heterocycles. The highest BCUT2D eigenvalue weighted by atomic mass is 15.2. The first kappa shape index (κ1) is 39.9. The second-order valence-electron chi connectivity index (χ2n) is 19.5. The summed E-state index contributed by atoms with van der Waals surface area (Å²) in [7, 11) is 0. The van der Waals surface area contributed by atoms with Crippen molar-refractivity contribution in [3.63, 3.8) is 0 Å². The van der Waals surface area contributed by atoms with Gasteiger partial charge in [0.25, 0.3) is 0 Å². The summed E-state index contributed by atoms with van der Waals surface area (Å²) in [6.07, 6.45) is 29.6. The van der Waals surface area contributed by atoms with Gasteiger partial charge in [-0.05, 0) is 155 Å². The predicted octanol–water partition coefficient (Wildman–Crippen LogP) is 16.1. The van der Waals surface area contributed by atoms with Crippen LogP contribution in [0.3, 0.4) is 0 Å². The molecule has 320 valence electrons. The van der Waals surface area contributed by atoms with E-state index in [0.717, 1.165) is 51.4 Å². The Balaban J connectivity index is 1.09. The highest BCUT2D eigenvalue weighted by Crippen LogP contribution is 2.68. The van der Waals surface area contributed by atoms with Crippen LogP contribution < -0.4 is 9.80 Å². The van der Waals surface area contributed by atoms with Gasteiger partial charge in [-0.1, -0.05) is 171 Å². The van der Waals surface area contributed by atoms with Crippen molar-refractivity contribution in [2.75, 3.05) is 9.80 Å². The lowest BCUT2D eigenvalue weighted by Crippen LogP contribution is -2.44. The van der Waals surface area contributed by atoms with Crippen molar-refractivity contribution < 1.29 is 0 Å². The minimum Gasteiger partial charge on any atom is -0.361 e. The van der Waals surface area contributed by atoms with Crippen LogP contribution >= 0.6 is 0 Å². The van der Waals surface area contributed by atoms with E-state index in [-0.39, 0.29) is 17.3 Å². The Bertz CT molecular complexity index is 2950. The molecule has 7 aliphatic rings. The molecule has 0 amide bonds. The Labute approximate surface area is 386 Å². The van der Waals surface area contributed by atoms with E-state index in [4.69, 9.17) is 0 Å². The fourth-order valence-corrected chi connectivity index (χ4v) is 13.0. The number of rotatable bonds is 8. The van der Waals surface area contributed by atoms with E-state index in [1.54, 1.807) is 27.9 Å². The Morgan fingerprint density at radius 2 is 1.28 bits per heavy atom. The summed E-state index contributed by atoms with van der Waals surface area (Å²) >= 11 is 0. The molecule has 0 saturated heterocycles. The van der Waals surface area contributed by atoms with Crippen LogP contribution in [0.1, 0.15) is 93.4 Å². The molecule has 2 nitrogen and oxygen atoms in total. The quantitative estimate of drug-likeness (QED) is 0.154. The average molecular weight is 843 g/mol. The molecule has 65 heavy (non-hydrogen) atoms. The summed E-state index contributed by atoms with van der Waals surface area (Å²) < 4.78 is 0. The molecule has 0 fully saturated rings. The molecule has 0 bridgehead atoms. The molecule has 0 saturated carbocycles. The number of fused-ring (bicyclic) bond motifs is 7. The molecule has 5 aromatic carbocycles. The third-order valence-corrected chi connectivity index (χ3v) is 15.7. The van der Waals surface area contributed by atoms with Gasteiger partial charge in [0.15, 0.2) is 0 Å². The van der Waals surface area contributed by atoms with E-state index in [1.165, 1.54) is 61.7 Å².